The molecular formula is C65H58. The first-order valence-corrected chi connectivity index (χ1v) is 24.8. The van der Waals surface area contributed by atoms with Gasteiger partial charge in [-0.25, -0.2) is 0 Å². The van der Waals surface area contributed by atoms with Crippen LogP contribution in [0.3, 0.4) is 0 Å². The molecule has 0 amide bonds. The molecular weight excluding hydrogens is 781 g/mol. The van der Waals surface area contributed by atoms with E-state index in [1.165, 1.54) is 175 Å². The molecule has 0 bridgehead atoms. The number of benzene rings is 9. The standard InChI is InChI=1S/C65H58/c1-3-5-7-17-35-65(36-18-8-6-4-2)61-41-44(43-27-31-53-49(37-43)38-45-19-9-11-21-51(45)53)28-33-55(61)56-34-30-48(42-62(56)65)64-59-25-15-13-23-57(59)63(58-24-14-16-26-60(58)64)47-29-32-54-50(40-47)39-46-20-10-12-22-52(46)54/h9-16,19-34,37,40-42H,3-8,17-18,35-36,38-39H2,1-2H3. The molecule has 0 fully saturated rings. The van der Waals surface area contributed by atoms with Crippen molar-refractivity contribution in [3.05, 3.63) is 203 Å². The Balaban J connectivity index is 1.02. The third-order valence-corrected chi connectivity index (χ3v) is 15.7. The van der Waals surface area contributed by atoms with E-state index in [9.17, 15) is 0 Å². The van der Waals surface area contributed by atoms with Gasteiger partial charge in [0.25, 0.3) is 0 Å². The van der Waals surface area contributed by atoms with Gasteiger partial charge in [0.1, 0.15) is 0 Å². The van der Waals surface area contributed by atoms with Crippen molar-refractivity contribution in [3.63, 3.8) is 0 Å². The number of fused-ring (bicyclic) bond motifs is 11. The van der Waals surface area contributed by atoms with E-state index in [4.69, 9.17) is 0 Å². The maximum absolute atomic E-state index is 2.67. The van der Waals surface area contributed by atoms with Crippen LogP contribution in [0, 0.1) is 0 Å². The van der Waals surface area contributed by atoms with E-state index in [1.54, 1.807) is 11.1 Å². The zero-order chi connectivity index (χ0) is 43.5. The van der Waals surface area contributed by atoms with E-state index in [0.29, 0.717) is 0 Å². The molecule has 12 rings (SSSR count). The summed E-state index contributed by atoms with van der Waals surface area (Å²) in [6.07, 6.45) is 14.6. The number of hydrogen-bond acceptors (Lipinski definition) is 0. The summed E-state index contributed by atoms with van der Waals surface area (Å²) < 4.78 is 0. The fraction of sp³-hybridized carbons (Fsp3) is 0.231. The molecule has 3 aliphatic rings. The number of rotatable bonds is 13. The minimum absolute atomic E-state index is 0.0430. The topological polar surface area (TPSA) is 0 Å². The lowest BCUT2D eigenvalue weighted by molar-refractivity contribution is 0.401. The monoisotopic (exact) mass is 838 g/mol. The van der Waals surface area contributed by atoms with Crippen LogP contribution in [0.1, 0.15) is 111 Å². The van der Waals surface area contributed by atoms with Gasteiger partial charge in [0.2, 0.25) is 0 Å². The lowest BCUT2D eigenvalue weighted by Crippen LogP contribution is -2.25. The Labute approximate surface area is 386 Å². The predicted molar refractivity (Wildman–Crippen MR) is 278 cm³/mol. The lowest BCUT2D eigenvalue weighted by Gasteiger charge is -2.33. The van der Waals surface area contributed by atoms with Crippen LogP contribution in [0.2, 0.25) is 0 Å². The van der Waals surface area contributed by atoms with Crippen LogP contribution in [-0.4, -0.2) is 0 Å². The molecule has 3 aliphatic carbocycles. The predicted octanol–water partition coefficient (Wildman–Crippen LogP) is 18.3. The van der Waals surface area contributed by atoms with Crippen LogP contribution in [0.4, 0.5) is 0 Å². The van der Waals surface area contributed by atoms with Gasteiger partial charge in [-0.15, -0.1) is 0 Å². The summed E-state index contributed by atoms with van der Waals surface area (Å²) >= 11 is 0. The highest BCUT2D eigenvalue weighted by molar-refractivity contribution is 6.21. The summed E-state index contributed by atoms with van der Waals surface area (Å²) in [5.74, 6) is 0. The Morgan fingerprint density at radius 1 is 0.323 bits per heavy atom. The number of hydrogen-bond donors (Lipinski definition) is 0. The van der Waals surface area contributed by atoms with Crippen molar-refractivity contribution in [2.45, 2.75) is 96.3 Å². The average molecular weight is 839 g/mol. The van der Waals surface area contributed by atoms with Gasteiger partial charge in [0.05, 0.1) is 0 Å². The molecule has 9 aromatic carbocycles. The molecule has 318 valence electrons. The molecule has 65 heavy (non-hydrogen) atoms. The molecule has 0 heterocycles. The van der Waals surface area contributed by atoms with Gasteiger partial charge < -0.3 is 0 Å². The minimum Gasteiger partial charge on any atom is -0.0654 e. The van der Waals surface area contributed by atoms with Gasteiger partial charge >= 0.3 is 0 Å². The molecule has 0 radical (unpaired) electrons. The molecule has 0 atom stereocenters. The Morgan fingerprint density at radius 2 is 0.692 bits per heavy atom. The average Bonchev–Trinajstić information content (AvgIpc) is 4.00. The molecule has 0 spiro atoms. The van der Waals surface area contributed by atoms with E-state index in [1.807, 2.05) is 0 Å². The zero-order valence-corrected chi connectivity index (χ0v) is 38.2. The fourth-order valence-electron chi connectivity index (χ4n) is 12.6. The molecule has 0 nitrogen and oxygen atoms in total. The zero-order valence-electron chi connectivity index (χ0n) is 38.2. The van der Waals surface area contributed by atoms with Crippen LogP contribution in [0.5, 0.6) is 0 Å². The van der Waals surface area contributed by atoms with Crippen molar-refractivity contribution < 1.29 is 0 Å². The van der Waals surface area contributed by atoms with Crippen molar-refractivity contribution >= 4 is 21.5 Å². The maximum atomic E-state index is 2.67. The van der Waals surface area contributed by atoms with E-state index in [2.05, 4.69) is 184 Å². The molecule has 0 saturated heterocycles. The van der Waals surface area contributed by atoms with Crippen LogP contribution in [-0.2, 0) is 18.3 Å². The SMILES string of the molecule is CCCCCCC1(CCCCCC)c2cc(-c3ccc4c(c3)Cc3ccccc3-4)ccc2-c2ccc(-c3c4ccccc4c(-c4ccc5c(c4)Cc4ccccc4-5)c4ccccc34)cc21. The van der Waals surface area contributed by atoms with Crippen molar-refractivity contribution in [2.24, 2.45) is 0 Å². The summed E-state index contributed by atoms with van der Waals surface area (Å²) in [7, 11) is 0. The largest absolute Gasteiger partial charge is 0.0654 e. The second-order valence-corrected chi connectivity index (χ2v) is 19.5. The molecule has 0 heteroatoms. The minimum atomic E-state index is -0.0430. The summed E-state index contributed by atoms with van der Waals surface area (Å²) in [5.41, 5.74) is 25.3. The van der Waals surface area contributed by atoms with Crippen LogP contribution in [0.25, 0.3) is 88.3 Å². The first-order valence-electron chi connectivity index (χ1n) is 24.8. The molecule has 9 aromatic rings. The van der Waals surface area contributed by atoms with E-state index < -0.39 is 0 Å². The maximum Gasteiger partial charge on any atom is 0.0215 e. The third-order valence-electron chi connectivity index (χ3n) is 15.7. The van der Waals surface area contributed by atoms with Gasteiger partial charge in [0, 0.05) is 5.41 Å². The Kier molecular flexibility index (Phi) is 10.2. The normalized spacial score (nSPS) is 13.7. The van der Waals surface area contributed by atoms with Crippen LogP contribution < -0.4 is 0 Å². The van der Waals surface area contributed by atoms with Crippen molar-refractivity contribution in [1.29, 1.82) is 0 Å². The summed E-state index contributed by atoms with van der Waals surface area (Å²) in [5, 5.41) is 5.32. The smallest absolute Gasteiger partial charge is 0.0215 e. The fourth-order valence-corrected chi connectivity index (χ4v) is 12.6. The second-order valence-electron chi connectivity index (χ2n) is 19.5. The Hall–Kier alpha value is -6.50. The van der Waals surface area contributed by atoms with Gasteiger partial charge in [-0.1, -0.05) is 223 Å². The molecule has 0 unspecified atom stereocenters. The summed E-state index contributed by atoms with van der Waals surface area (Å²) in [6, 6.07) is 66.0. The first-order chi connectivity index (χ1) is 32.1. The van der Waals surface area contributed by atoms with Gasteiger partial charge in [-0.2, -0.15) is 0 Å². The molecule has 0 saturated carbocycles. The van der Waals surface area contributed by atoms with Crippen molar-refractivity contribution in [1.82, 2.24) is 0 Å². The van der Waals surface area contributed by atoms with Crippen molar-refractivity contribution in [3.8, 4) is 66.8 Å². The highest BCUT2D eigenvalue weighted by Crippen LogP contribution is 2.57. The highest BCUT2D eigenvalue weighted by atomic mass is 14.5. The molecule has 0 N–H and O–H groups in total. The van der Waals surface area contributed by atoms with Crippen LogP contribution in [0.15, 0.2) is 170 Å². The van der Waals surface area contributed by atoms with Gasteiger partial charge in [-0.05, 0) is 160 Å². The van der Waals surface area contributed by atoms with Crippen molar-refractivity contribution in [2.75, 3.05) is 0 Å². The van der Waals surface area contributed by atoms with E-state index in [0.717, 1.165) is 12.8 Å². The van der Waals surface area contributed by atoms with E-state index in [-0.39, 0.29) is 5.41 Å². The second kappa shape index (κ2) is 16.5. The Bertz CT molecular complexity index is 3230. The Morgan fingerprint density at radius 3 is 1.18 bits per heavy atom. The van der Waals surface area contributed by atoms with E-state index >= 15 is 0 Å². The lowest BCUT2D eigenvalue weighted by atomic mass is 9.69. The quantitative estimate of drug-likeness (QED) is 0.0801. The van der Waals surface area contributed by atoms with Gasteiger partial charge in [0.15, 0.2) is 0 Å². The summed E-state index contributed by atoms with van der Waals surface area (Å²) in [4.78, 5) is 0. The van der Waals surface area contributed by atoms with Gasteiger partial charge in [-0.3, -0.25) is 0 Å². The molecule has 0 aromatic heterocycles. The molecule has 0 aliphatic heterocycles. The first kappa shape index (κ1) is 40.0. The number of unbranched alkanes of at least 4 members (excludes halogenated alkanes) is 6. The summed E-state index contributed by atoms with van der Waals surface area (Å²) in [6.45, 7) is 4.69. The highest BCUT2D eigenvalue weighted by Gasteiger charge is 2.43. The third kappa shape index (κ3) is 6.63. The van der Waals surface area contributed by atoms with Crippen LogP contribution >= 0.6 is 0 Å².